The van der Waals surface area contributed by atoms with Crippen LogP contribution in [-0.2, 0) is 11.2 Å². The van der Waals surface area contributed by atoms with Gasteiger partial charge in [-0.25, -0.2) is 4.98 Å². The summed E-state index contributed by atoms with van der Waals surface area (Å²) in [5, 5.41) is 6.84. The van der Waals surface area contributed by atoms with Crippen LogP contribution in [0.4, 0.5) is 0 Å². The third-order valence-corrected chi connectivity index (χ3v) is 5.47. The Bertz CT molecular complexity index is 794. The van der Waals surface area contributed by atoms with E-state index in [-0.39, 0.29) is 0 Å². The maximum atomic E-state index is 5.51. The van der Waals surface area contributed by atoms with Crippen molar-refractivity contribution in [3.8, 4) is 0 Å². The van der Waals surface area contributed by atoms with E-state index < -0.39 is 0 Å². The third kappa shape index (κ3) is 5.93. The Balaban J connectivity index is 1.57. The number of hydrogen-bond donors (Lipinski definition) is 2. The number of hydrogen-bond acceptors (Lipinski definition) is 4. The summed E-state index contributed by atoms with van der Waals surface area (Å²) in [7, 11) is 0. The molecular weight excluding hydrogens is 364 g/mol. The first-order valence-electron chi connectivity index (χ1n) is 10.9. The monoisotopic (exact) mass is 400 g/mol. The van der Waals surface area contributed by atoms with Crippen molar-refractivity contribution in [2.45, 2.75) is 40.2 Å². The Morgan fingerprint density at radius 1 is 1.28 bits per heavy atom. The van der Waals surface area contributed by atoms with Crippen LogP contribution in [0.25, 0.3) is 5.65 Å². The Labute approximate surface area is 174 Å². The van der Waals surface area contributed by atoms with E-state index in [9.17, 15) is 0 Å². The van der Waals surface area contributed by atoms with Crippen LogP contribution in [0.2, 0.25) is 0 Å². The third-order valence-electron chi connectivity index (χ3n) is 5.47. The second-order valence-electron chi connectivity index (χ2n) is 8.01. The number of morpholine rings is 1. The van der Waals surface area contributed by atoms with Crippen molar-refractivity contribution in [3.05, 3.63) is 35.8 Å². The normalized spacial score (nSPS) is 17.1. The highest BCUT2D eigenvalue weighted by molar-refractivity contribution is 5.79. The number of nitrogens with one attached hydrogen (secondary N) is 2. The van der Waals surface area contributed by atoms with Gasteiger partial charge < -0.3 is 19.8 Å². The molecule has 2 aromatic rings. The van der Waals surface area contributed by atoms with Gasteiger partial charge in [-0.1, -0.05) is 19.9 Å². The minimum absolute atomic E-state index is 0.441. The van der Waals surface area contributed by atoms with Gasteiger partial charge >= 0.3 is 0 Å². The van der Waals surface area contributed by atoms with Crippen LogP contribution in [0.15, 0.2) is 29.5 Å². The number of aromatic nitrogens is 2. The number of aryl methyl sites for hydroxylation is 1. The molecule has 3 heterocycles. The fourth-order valence-corrected chi connectivity index (χ4v) is 3.82. The van der Waals surface area contributed by atoms with Gasteiger partial charge in [-0.3, -0.25) is 9.89 Å². The van der Waals surface area contributed by atoms with E-state index in [1.54, 1.807) is 0 Å². The van der Waals surface area contributed by atoms with Crippen LogP contribution in [0.1, 0.15) is 32.0 Å². The smallest absolute Gasteiger partial charge is 0.191 e. The maximum Gasteiger partial charge on any atom is 0.191 e. The Morgan fingerprint density at radius 3 is 2.76 bits per heavy atom. The van der Waals surface area contributed by atoms with Crippen LogP contribution < -0.4 is 10.6 Å². The summed E-state index contributed by atoms with van der Waals surface area (Å²) in [6.07, 6.45) is 5.03. The van der Waals surface area contributed by atoms with Gasteiger partial charge in [0.1, 0.15) is 5.65 Å². The maximum absolute atomic E-state index is 5.51. The predicted octanol–water partition coefficient (Wildman–Crippen LogP) is 2.10. The summed E-state index contributed by atoms with van der Waals surface area (Å²) < 4.78 is 7.61. The van der Waals surface area contributed by atoms with E-state index in [1.807, 2.05) is 0 Å². The molecule has 7 nitrogen and oxygen atoms in total. The molecule has 1 unspecified atom stereocenters. The van der Waals surface area contributed by atoms with Crippen LogP contribution in [0.3, 0.4) is 0 Å². The topological polar surface area (TPSA) is 66.2 Å². The van der Waals surface area contributed by atoms with Gasteiger partial charge in [-0.15, -0.1) is 0 Å². The molecule has 1 fully saturated rings. The van der Waals surface area contributed by atoms with E-state index in [4.69, 9.17) is 14.7 Å². The van der Waals surface area contributed by atoms with Gasteiger partial charge in [0.05, 0.1) is 25.5 Å². The quantitative estimate of drug-likeness (QED) is 0.525. The van der Waals surface area contributed by atoms with Gasteiger partial charge in [-0.05, 0) is 31.4 Å². The number of aliphatic imine (C=N–C) groups is 1. The van der Waals surface area contributed by atoms with Crippen molar-refractivity contribution in [3.63, 3.8) is 0 Å². The number of pyridine rings is 1. The lowest BCUT2D eigenvalue weighted by Gasteiger charge is -2.36. The lowest BCUT2D eigenvalue weighted by Crippen LogP contribution is -2.48. The van der Waals surface area contributed by atoms with Gasteiger partial charge in [0.25, 0.3) is 0 Å². The molecule has 1 aliphatic heterocycles. The molecule has 3 rings (SSSR count). The second-order valence-corrected chi connectivity index (χ2v) is 8.01. The first-order valence-corrected chi connectivity index (χ1v) is 10.9. The summed E-state index contributed by atoms with van der Waals surface area (Å²) in [6, 6.07) is 4.59. The molecule has 0 aromatic carbocycles. The first kappa shape index (κ1) is 21.6. The Hall–Kier alpha value is -2.12. The summed E-state index contributed by atoms with van der Waals surface area (Å²) in [5.74, 6) is 1.44. The summed E-state index contributed by atoms with van der Waals surface area (Å²) in [6.45, 7) is 14.8. The van der Waals surface area contributed by atoms with Crippen LogP contribution in [0.5, 0.6) is 0 Å². The SMILES string of the molecule is CCNC(=NCC(C(C)C)N1CCOCC1)NCCc1cn2cccc(C)c2n1. The number of ether oxygens (including phenoxy) is 1. The number of rotatable bonds is 8. The standard InChI is InChI=1S/C22H36N6O/c1-5-23-22(25-15-20(17(2)3)27-11-13-29-14-12-27)24-9-8-19-16-28-10-6-7-18(4)21(28)26-19/h6-7,10,16-17,20H,5,8-9,11-15H2,1-4H3,(H2,23,24,25). The minimum Gasteiger partial charge on any atom is -0.379 e. The molecule has 0 amide bonds. The second kappa shape index (κ2) is 10.6. The Kier molecular flexibility index (Phi) is 7.89. The highest BCUT2D eigenvalue weighted by atomic mass is 16.5. The summed E-state index contributed by atoms with van der Waals surface area (Å²) in [4.78, 5) is 12.2. The molecule has 0 saturated carbocycles. The number of imidazole rings is 1. The number of guanidine groups is 1. The van der Waals surface area contributed by atoms with Gasteiger partial charge in [-0.2, -0.15) is 0 Å². The van der Waals surface area contributed by atoms with E-state index >= 15 is 0 Å². The minimum atomic E-state index is 0.441. The zero-order valence-electron chi connectivity index (χ0n) is 18.3. The molecule has 0 bridgehead atoms. The number of fused-ring (bicyclic) bond motifs is 1. The van der Waals surface area contributed by atoms with Crippen LogP contribution in [-0.4, -0.2) is 72.2 Å². The highest BCUT2D eigenvalue weighted by Gasteiger charge is 2.23. The highest BCUT2D eigenvalue weighted by Crippen LogP contribution is 2.13. The van der Waals surface area contributed by atoms with E-state index in [0.29, 0.717) is 12.0 Å². The fourth-order valence-electron chi connectivity index (χ4n) is 3.82. The molecule has 0 radical (unpaired) electrons. The first-order chi connectivity index (χ1) is 14.1. The average molecular weight is 401 g/mol. The van der Waals surface area contributed by atoms with Crippen molar-refractivity contribution in [1.29, 1.82) is 0 Å². The van der Waals surface area contributed by atoms with Crippen molar-refractivity contribution in [1.82, 2.24) is 24.9 Å². The van der Waals surface area contributed by atoms with Crippen molar-refractivity contribution >= 4 is 11.6 Å². The van der Waals surface area contributed by atoms with E-state index in [2.05, 4.69) is 72.2 Å². The largest absolute Gasteiger partial charge is 0.379 e. The van der Waals surface area contributed by atoms with Crippen LogP contribution >= 0.6 is 0 Å². The molecule has 2 aromatic heterocycles. The summed E-state index contributed by atoms with van der Waals surface area (Å²) in [5.41, 5.74) is 3.33. The molecule has 1 saturated heterocycles. The molecule has 160 valence electrons. The van der Waals surface area contributed by atoms with Crippen molar-refractivity contribution in [2.75, 3.05) is 45.9 Å². The predicted molar refractivity (Wildman–Crippen MR) is 119 cm³/mol. The van der Waals surface area contributed by atoms with Gasteiger partial charge in [0.2, 0.25) is 0 Å². The van der Waals surface area contributed by atoms with E-state index in [0.717, 1.165) is 69.7 Å². The summed E-state index contributed by atoms with van der Waals surface area (Å²) >= 11 is 0. The van der Waals surface area contributed by atoms with Gasteiger partial charge in [0, 0.05) is 51.0 Å². The lowest BCUT2D eigenvalue weighted by atomic mass is 10.0. The van der Waals surface area contributed by atoms with Crippen LogP contribution in [0, 0.1) is 12.8 Å². The molecule has 7 heteroatoms. The molecule has 1 aliphatic rings. The molecule has 2 N–H and O–H groups in total. The fraction of sp³-hybridized carbons (Fsp3) is 0.636. The van der Waals surface area contributed by atoms with Crippen molar-refractivity contribution < 1.29 is 4.74 Å². The Morgan fingerprint density at radius 2 is 2.07 bits per heavy atom. The molecular formula is C22H36N6O. The molecule has 0 spiro atoms. The molecule has 1 atom stereocenters. The van der Waals surface area contributed by atoms with E-state index in [1.165, 1.54) is 5.56 Å². The zero-order valence-corrected chi connectivity index (χ0v) is 18.3. The average Bonchev–Trinajstić information content (AvgIpc) is 3.13. The number of nitrogens with zero attached hydrogens (tertiary/aromatic N) is 4. The molecule has 29 heavy (non-hydrogen) atoms. The van der Waals surface area contributed by atoms with Gasteiger partial charge in [0.15, 0.2) is 5.96 Å². The zero-order chi connectivity index (χ0) is 20.6. The lowest BCUT2D eigenvalue weighted by molar-refractivity contribution is 0.00867. The molecule has 0 aliphatic carbocycles. The van der Waals surface area contributed by atoms with Crippen molar-refractivity contribution in [2.24, 2.45) is 10.9 Å².